The predicted molar refractivity (Wildman–Crippen MR) is 77.8 cm³/mol. The van der Waals surface area contributed by atoms with Crippen molar-refractivity contribution in [1.82, 2.24) is 10.6 Å². The Bertz CT molecular complexity index is 505. The maximum absolute atomic E-state index is 10.9. The fourth-order valence-corrected chi connectivity index (χ4v) is 2.42. The summed E-state index contributed by atoms with van der Waals surface area (Å²) in [7, 11) is 0. The fraction of sp³-hybridized carbons (Fsp3) is 0.500. The number of cyclic esters (lactones) is 1. The lowest BCUT2D eigenvalue weighted by Gasteiger charge is -2.12. The van der Waals surface area contributed by atoms with E-state index in [1.807, 2.05) is 18.2 Å². The lowest BCUT2D eigenvalue weighted by atomic mass is 10.2. The first-order chi connectivity index (χ1) is 9.70. The second kappa shape index (κ2) is 6.01. The zero-order valence-corrected chi connectivity index (χ0v) is 12.6. The number of benzene rings is 1. The van der Waals surface area contributed by atoms with Crippen LogP contribution in [-0.4, -0.2) is 31.4 Å². The van der Waals surface area contributed by atoms with Gasteiger partial charge >= 0.3 is 6.09 Å². The number of ether oxygens (including phenoxy) is 2. The number of amides is 1. The number of carbonyl (C=O) groups is 1. The van der Waals surface area contributed by atoms with Gasteiger partial charge in [-0.05, 0) is 36.6 Å². The first-order valence-corrected chi connectivity index (χ1v) is 7.59. The number of nitrogens with one attached hydrogen (secondary N) is 2. The molecule has 1 saturated heterocycles. The van der Waals surface area contributed by atoms with Gasteiger partial charge in [0.2, 0.25) is 0 Å². The van der Waals surface area contributed by atoms with Crippen LogP contribution in [0.2, 0.25) is 0 Å². The van der Waals surface area contributed by atoms with Gasteiger partial charge in [-0.25, -0.2) is 4.79 Å². The summed E-state index contributed by atoms with van der Waals surface area (Å²) in [4.78, 5) is 10.9. The molecule has 108 valence electrons. The summed E-state index contributed by atoms with van der Waals surface area (Å²) < 4.78 is 11.8. The van der Waals surface area contributed by atoms with Crippen LogP contribution in [0.4, 0.5) is 4.79 Å². The molecule has 0 spiro atoms. The normalized spacial score (nSPS) is 21.4. The van der Waals surface area contributed by atoms with Gasteiger partial charge in [0.1, 0.15) is 12.4 Å². The predicted octanol–water partition coefficient (Wildman–Crippen LogP) is 2.19. The monoisotopic (exact) mass is 340 g/mol. The highest BCUT2D eigenvalue weighted by atomic mass is 79.9. The van der Waals surface area contributed by atoms with Crippen molar-refractivity contribution in [1.29, 1.82) is 0 Å². The zero-order valence-electron chi connectivity index (χ0n) is 11.0. The summed E-state index contributed by atoms with van der Waals surface area (Å²) in [5.41, 5.74) is 1.18. The van der Waals surface area contributed by atoms with E-state index in [4.69, 9.17) is 9.47 Å². The van der Waals surface area contributed by atoms with Crippen molar-refractivity contribution in [2.75, 3.05) is 13.2 Å². The molecule has 3 rings (SSSR count). The third-order valence-electron chi connectivity index (χ3n) is 3.36. The van der Waals surface area contributed by atoms with Crippen LogP contribution in [0, 0.1) is 0 Å². The minimum Gasteiger partial charge on any atom is -0.490 e. The fourth-order valence-electron chi connectivity index (χ4n) is 2.03. The Kier molecular flexibility index (Phi) is 4.12. The Morgan fingerprint density at radius 1 is 1.45 bits per heavy atom. The molecule has 1 saturated carbocycles. The van der Waals surface area contributed by atoms with Crippen LogP contribution in [-0.2, 0) is 11.3 Å². The van der Waals surface area contributed by atoms with E-state index in [1.165, 1.54) is 18.4 Å². The van der Waals surface area contributed by atoms with E-state index in [9.17, 15) is 4.79 Å². The highest BCUT2D eigenvalue weighted by Gasteiger charge is 2.23. The summed E-state index contributed by atoms with van der Waals surface area (Å²) in [6.45, 7) is 1.71. The van der Waals surface area contributed by atoms with Gasteiger partial charge in [-0.1, -0.05) is 15.9 Å². The van der Waals surface area contributed by atoms with Crippen LogP contribution in [0.5, 0.6) is 5.75 Å². The smallest absolute Gasteiger partial charge is 0.407 e. The Balaban J connectivity index is 1.55. The van der Waals surface area contributed by atoms with E-state index in [0.717, 1.165) is 16.8 Å². The molecule has 1 atom stereocenters. The van der Waals surface area contributed by atoms with Gasteiger partial charge in [0, 0.05) is 17.1 Å². The van der Waals surface area contributed by atoms with Gasteiger partial charge in [0.15, 0.2) is 6.10 Å². The van der Waals surface area contributed by atoms with E-state index in [2.05, 4.69) is 26.6 Å². The third-order valence-corrected chi connectivity index (χ3v) is 4.13. The highest BCUT2D eigenvalue weighted by Crippen LogP contribution is 2.25. The van der Waals surface area contributed by atoms with E-state index < -0.39 is 0 Å². The number of carbonyl (C=O) groups excluding carboxylic acids is 1. The van der Waals surface area contributed by atoms with Crippen molar-refractivity contribution < 1.29 is 14.3 Å². The average Bonchev–Trinajstić information content (AvgIpc) is 3.18. The standard InChI is InChI=1S/C14H17BrN2O3/c15-13-4-3-11(5-9(13)6-16-10-1-2-10)19-8-12-7-17-14(18)20-12/h3-5,10,12,16H,1-2,6-8H2,(H,17,18). The highest BCUT2D eigenvalue weighted by molar-refractivity contribution is 9.10. The van der Waals surface area contributed by atoms with Gasteiger partial charge in [-0.3, -0.25) is 0 Å². The SMILES string of the molecule is O=C1NCC(COc2ccc(Br)c(CNC3CC3)c2)O1. The molecule has 0 radical (unpaired) electrons. The largest absolute Gasteiger partial charge is 0.490 e. The summed E-state index contributed by atoms with van der Waals surface area (Å²) >= 11 is 3.55. The van der Waals surface area contributed by atoms with Crippen LogP contribution in [0.15, 0.2) is 22.7 Å². The number of hydrogen-bond acceptors (Lipinski definition) is 4. The second-order valence-electron chi connectivity index (χ2n) is 5.13. The molecule has 1 aliphatic heterocycles. The van der Waals surface area contributed by atoms with E-state index >= 15 is 0 Å². The first kappa shape index (κ1) is 13.7. The van der Waals surface area contributed by atoms with Crippen molar-refractivity contribution in [2.45, 2.75) is 31.5 Å². The molecule has 0 aromatic heterocycles. The molecule has 1 aromatic rings. The minimum atomic E-state index is -0.372. The number of rotatable bonds is 6. The Labute approximate surface area is 126 Å². The molecule has 1 aromatic carbocycles. The molecule has 6 heteroatoms. The molecule has 1 aliphatic carbocycles. The van der Waals surface area contributed by atoms with Crippen LogP contribution >= 0.6 is 15.9 Å². The van der Waals surface area contributed by atoms with Gasteiger partial charge in [0.25, 0.3) is 0 Å². The Hall–Kier alpha value is -1.27. The summed E-state index contributed by atoms with van der Waals surface area (Å²) in [5, 5.41) is 6.09. The van der Waals surface area contributed by atoms with Crippen molar-refractivity contribution in [2.24, 2.45) is 0 Å². The van der Waals surface area contributed by atoms with Crippen molar-refractivity contribution >= 4 is 22.0 Å². The molecule has 0 bridgehead atoms. The maximum atomic E-state index is 10.9. The van der Waals surface area contributed by atoms with Crippen molar-refractivity contribution in [3.8, 4) is 5.75 Å². The lowest BCUT2D eigenvalue weighted by Crippen LogP contribution is -2.22. The number of alkyl carbamates (subject to hydrolysis) is 1. The van der Waals surface area contributed by atoms with Gasteiger partial charge in [0.05, 0.1) is 6.54 Å². The molecular weight excluding hydrogens is 324 g/mol. The van der Waals surface area contributed by atoms with Crippen LogP contribution in [0.3, 0.4) is 0 Å². The van der Waals surface area contributed by atoms with Gasteiger partial charge in [-0.15, -0.1) is 0 Å². The molecule has 2 N–H and O–H groups in total. The Morgan fingerprint density at radius 2 is 2.30 bits per heavy atom. The van der Waals surface area contributed by atoms with Gasteiger partial charge < -0.3 is 20.1 Å². The maximum Gasteiger partial charge on any atom is 0.407 e. The Morgan fingerprint density at radius 3 is 3.00 bits per heavy atom. The van der Waals surface area contributed by atoms with Crippen LogP contribution in [0.1, 0.15) is 18.4 Å². The molecule has 2 aliphatic rings. The third kappa shape index (κ3) is 3.64. The van der Waals surface area contributed by atoms with Crippen LogP contribution < -0.4 is 15.4 Å². The molecule has 20 heavy (non-hydrogen) atoms. The van der Waals surface area contributed by atoms with E-state index in [0.29, 0.717) is 19.2 Å². The molecule has 1 unspecified atom stereocenters. The minimum absolute atomic E-state index is 0.209. The van der Waals surface area contributed by atoms with Crippen molar-refractivity contribution in [3.63, 3.8) is 0 Å². The average molecular weight is 341 g/mol. The first-order valence-electron chi connectivity index (χ1n) is 6.80. The zero-order chi connectivity index (χ0) is 13.9. The van der Waals surface area contributed by atoms with Gasteiger partial charge in [-0.2, -0.15) is 0 Å². The molecule has 1 heterocycles. The second-order valence-corrected chi connectivity index (χ2v) is 5.98. The quantitative estimate of drug-likeness (QED) is 0.833. The van der Waals surface area contributed by atoms with E-state index in [1.54, 1.807) is 0 Å². The number of halogens is 1. The van der Waals surface area contributed by atoms with Crippen LogP contribution in [0.25, 0.3) is 0 Å². The molecule has 2 fully saturated rings. The molecular formula is C14H17BrN2O3. The molecule has 5 nitrogen and oxygen atoms in total. The summed E-state index contributed by atoms with van der Waals surface area (Å²) in [6.07, 6.45) is 1.96. The number of hydrogen-bond donors (Lipinski definition) is 2. The van der Waals surface area contributed by atoms with Crippen molar-refractivity contribution in [3.05, 3.63) is 28.2 Å². The summed E-state index contributed by atoms with van der Waals surface area (Å²) in [6, 6.07) is 6.59. The topological polar surface area (TPSA) is 59.6 Å². The van der Waals surface area contributed by atoms with E-state index in [-0.39, 0.29) is 12.2 Å². The lowest BCUT2D eigenvalue weighted by molar-refractivity contribution is 0.105. The molecule has 1 amide bonds. The summed E-state index contributed by atoms with van der Waals surface area (Å²) in [5.74, 6) is 0.795.